The van der Waals surface area contributed by atoms with Crippen molar-refractivity contribution in [2.45, 2.75) is 4.90 Å². The lowest BCUT2D eigenvalue weighted by Gasteiger charge is -2.09. The Morgan fingerprint density at radius 2 is 1.75 bits per heavy atom. The summed E-state index contributed by atoms with van der Waals surface area (Å²) in [5, 5.41) is 0.227. The smallest absolute Gasteiger partial charge is 0.0622 e. The molecule has 0 heterocycles. The summed E-state index contributed by atoms with van der Waals surface area (Å²) in [5.41, 5.74) is 0. The largest absolute Gasteiger partial charge is 0.768 e. The molecule has 0 N–H and O–H groups in total. The van der Waals surface area contributed by atoms with Gasteiger partial charge in [-0.05, 0) is 23.2 Å². The van der Waals surface area contributed by atoms with Crippen LogP contribution in [-0.4, -0.2) is 8.76 Å². The highest BCUT2D eigenvalue weighted by molar-refractivity contribution is 9.10. The van der Waals surface area contributed by atoms with E-state index in [0.29, 0.717) is 4.47 Å². The molecular formula is C6H2BrCl2O2S-. The highest BCUT2D eigenvalue weighted by atomic mass is 79.9. The lowest BCUT2D eigenvalue weighted by atomic mass is 10.4. The maximum Gasteiger partial charge on any atom is 0.0622 e. The molecule has 1 rings (SSSR count). The van der Waals surface area contributed by atoms with Crippen molar-refractivity contribution in [1.82, 2.24) is 0 Å². The van der Waals surface area contributed by atoms with Crippen LogP contribution >= 0.6 is 39.1 Å². The van der Waals surface area contributed by atoms with Crippen LogP contribution in [0.1, 0.15) is 0 Å². The van der Waals surface area contributed by atoms with Crippen LogP contribution in [0.25, 0.3) is 0 Å². The fourth-order valence-electron chi connectivity index (χ4n) is 0.688. The molecule has 0 fully saturated rings. The fraction of sp³-hybridized carbons (Fsp3) is 0. The van der Waals surface area contributed by atoms with E-state index in [0.717, 1.165) is 0 Å². The Labute approximate surface area is 90.3 Å². The maximum absolute atomic E-state index is 10.6. The van der Waals surface area contributed by atoms with Crippen molar-refractivity contribution >= 4 is 50.2 Å². The molecule has 0 aliphatic heterocycles. The van der Waals surface area contributed by atoms with Crippen molar-refractivity contribution in [2.75, 3.05) is 0 Å². The Morgan fingerprint density at radius 1 is 1.33 bits per heavy atom. The van der Waals surface area contributed by atoms with E-state index in [4.69, 9.17) is 23.2 Å². The third kappa shape index (κ3) is 2.20. The van der Waals surface area contributed by atoms with Crippen LogP contribution in [0.3, 0.4) is 0 Å². The maximum atomic E-state index is 10.6. The summed E-state index contributed by atoms with van der Waals surface area (Å²) in [4.78, 5) is -0.0680. The van der Waals surface area contributed by atoms with Gasteiger partial charge in [0, 0.05) is 4.47 Å². The summed E-state index contributed by atoms with van der Waals surface area (Å²) in [6, 6.07) is 2.94. The van der Waals surface area contributed by atoms with Crippen molar-refractivity contribution < 1.29 is 8.76 Å². The predicted molar refractivity (Wildman–Crippen MR) is 51.3 cm³/mol. The minimum Gasteiger partial charge on any atom is -0.768 e. The first-order chi connectivity index (χ1) is 5.52. The zero-order chi connectivity index (χ0) is 9.30. The second-order valence-corrected chi connectivity index (χ2v) is 4.54. The second-order valence-electron chi connectivity index (χ2n) is 1.93. The number of rotatable bonds is 1. The first-order valence-corrected chi connectivity index (χ1v) is 5.38. The summed E-state index contributed by atoms with van der Waals surface area (Å²) in [6.07, 6.45) is 0. The lowest BCUT2D eigenvalue weighted by Crippen LogP contribution is -1.91. The Hall–Kier alpha value is 0.390. The average molecular weight is 289 g/mol. The predicted octanol–water partition coefficient (Wildman–Crippen LogP) is 2.99. The van der Waals surface area contributed by atoms with Gasteiger partial charge in [-0.2, -0.15) is 0 Å². The number of hydrogen-bond donors (Lipinski definition) is 0. The minimum absolute atomic E-state index is 0.0680. The first kappa shape index (κ1) is 10.5. The Kier molecular flexibility index (Phi) is 3.55. The molecule has 12 heavy (non-hydrogen) atoms. The molecule has 2 nitrogen and oxygen atoms in total. The van der Waals surface area contributed by atoms with Crippen molar-refractivity contribution in [1.29, 1.82) is 0 Å². The van der Waals surface area contributed by atoms with Crippen LogP contribution in [0, 0.1) is 0 Å². The normalized spacial score (nSPS) is 13.0. The van der Waals surface area contributed by atoms with E-state index in [1.54, 1.807) is 0 Å². The summed E-state index contributed by atoms with van der Waals surface area (Å²) in [5.74, 6) is 0. The van der Waals surface area contributed by atoms with E-state index in [1.165, 1.54) is 12.1 Å². The molecular weight excluding hydrogens is 287 g/mol. The summed E-state index contributed by atoms with van der Waals surface area (Å²) >= 11 is 12.0. The molecule has 0 radical (unpaired) electrons. The highest BCUT2D eigenvalue weighted by Crippen LogP contribution is 2.30. The molecule has 6 heteroatoms. The van der Waals surface area contributed by atoms with Crippen molar-refractivity contribution in [2.24, 2.45) is 0 Å². The molecule has 1 aromatic rings. The summed E-state index contributed by atoms with van der Waals surface area (Å²) < 4.78 is 21.8. The van der Waals surface area contributed by atoms with Crippen LogP contribution in [-0.2, 0) is 11.1 Å². The van der Waals surface area contributed by atoms with Crippen molar-refractivity contribution in [3.8, 4) is 0 Å². The minimum atomic E-state index is -2.40. The Morgan fingerprint density at radius 3 is 2.08 bits per heavy atom. The first-order valence-electron chi connectivity index (χ1n) is 2.76. The van der Waals surface area contributed by atoms with Crippen LogP contribution < -0.4 is 0 Å². The molecule has 0 amide bonds. The molecule has 0 saturated carbocycles. The molecule has 1 aromatic carbocycles. The van der Waals surface area contributed by atoms with Gasteiger partial charge in [0.2, 0.25) is 0 Å². The average Bonchev–Trinajstić information content (AvgIpc) is 1.82. The molecule has 0 aliphatic carbocycles. The van der Waals surface area contributed by atoms with Gasteiger partial charge in [0.1, 0.15) is 0 Å². The standard InChI is InChI=1S/C6H3BrCl2O2S/c7-3-1-4(8)6(12(10)11)5(9)2-3/h1-2H,(H,10,11)/p-1. The zero-order valence-electron chi connectivity index (χ0n) is 5.51. The molecule has 1 atom stereocenters. The number of halogens is 3. The monoisotopic (exact) mass is 287 g/mol. The van der Waals surface area contributed by atoms with Crippen LogP contribution in [0.4, 0.5) is 0 Å². The van der Waals surface area contributed by atoms with E-state index >= 15 is 0 Å². The van der Waals surface area contributed by atoms with Crippen LogP contribution in [0.15, 0.2) is 21.5 Å². The summed E-state index contributed by atoms with van der Waals surface area (Å²) in [7, 11) is 0. The van der Waals surface area contributed by atoms with Crippen LogP contribution in [0.2, 0.25) is 10.0 Å². The molecule has 0 aromatic heterocycles. The number of benzene rings is 1. The second kappa shape index (κ2) is 4.07. The van der Waals surface area contributed by atoms with E-state index in [1.807, 2.05) is 0 Å². The third-order valence-electron chi connectivity index (χ3n) is 1.13. The van der Waals surface area contributed by atoms with Gasteiger partial charge < -0.3 is 4.55 Å². The Balaban J connectivity index is 3.38. The Bertz CT molecular complexity index is 319. The molecule has 0 spiro atoms. The van der Waals surface area contributed by atoms with E-state index in [-0.39, 0.29) is 14.9 Å². The number of hydrogen-bond acceptors (Lipinski definition) is 2. The molecule has 0 saturated heterocycles. The van der Waals surface area contributed by atoms with Gasteiger partial charge in [-0.15, -0.1) is 0 Å². The molecule has 66 valence electrons. The van der Waals surface area contributed by atoms with E-state index in [2.05, 4.69) is 15.9 Å². The van der Waals surface area contributed by atoms with Crippen molar-refractivity contribution in [3.63, 3.8) is 0 Å². The van der Waals surface area contributed by atoms with E-state index < -0.39 is 11.1 Å². The van der Waals surface area contributed by atoms with Gasteiger partial charge >= 0.3 is 0 Å². The van der Waals surface area contributed by atoms with Gasteiger partial charge in [0.15, 0.2) is 0 Å². The highest BCUT2D eigenvalue weighted by Gasteiger charge is 2.07. The molecule has 1 unspecified atom stereocenters. The summed E-state index contributed by atoms with van der Waals surface area (Å²) in [6.45, 7) is 0. The lowest BCUT2D eigenvalue weighted by molar-refractivity contribution is 0.537. The van der Waals surface area contributed by atoms with Crippen molar-refractivity contribution in [3.05, 3.63) is 26.7 Å². The van der Waals surface area contributed by atoms with Gasteiger partial charge in [-0.25, -0.2) is 0 Å². The SMILES string of the molecule is O=S([O-])c1c(Cl)cc(Br)cc1Cl. The quantitative estimate of drug-likeness (QED) is 0.746. The van der Waals surface area contributed by atoms with Gasteiger partial charge in [0.05, 0.1) is 14.9 Å². The van der Waals surface area contributed by atoms with E-state index in [9.17, 15) is 8.76 Å². The molecule has 0 bridgehead atoms. The van der Waals surface area contributed by atoms with Gasteiger partial charge in [-0.3, -0.25) is 4.21 Å². The molecule has 0 aliphatic rings. The van der Waals surface area contributed by atoms with Gasteiger partial charge in [0.25, 0.3) is 0 Å². The fourth-order valence-corrected chi connectivity index (χ4v) is 2.71. The third-order valence-corrected chi connectivity index (χ3v) is 3.18. The van der Waals surface area contributed by atoms with Gasteiger partial charge in [-0.1, -0.05) is 39.1 Å². The zero-order valence-corrected chi connectivity index (χ0v) is 9.43. The topological polar surface area (TPSA) is 40.1 Å². The van der Waals surface area contributed by atoms with Crippen LogP contribution in [0.5, 0.6) is 0 Å².